The number of methoxy groups -OCH3 is 1. The molecule has 6 nitrogen and oxygen atoms in total. The number of carbonyl (C=O) groups excluding carboxylic acids is 1. The molecule has 33 heavy (non-hydrogen) atoms. The fourth-order valence-electron chi connectivity index (χ4n) is 4.26. The Morgan fingerprint density at radius 2 is 2.00 bits per heavy atom. The zero-order valence-electron chi connectivity index (χ0n) is 18.7. The van der Waals surface area contributed by atoms with Gasteiger partial charge in [-0.05, 0) is 61.0 Å². The van der Waals surface area contributed by atoms with Gasteiger partial charge in [-0.1, -0.05) is 42.1 Å². The Bertz CT molecular complexity index is 1300. The van der Waals surface area contributed by atoms with E-state index in [4.69, 9.17) is 4.74 Å². The molecule has 2 aromatic heterocycles. The first-order valence-corrected chi connectivity index (χ1v) is 12.6. The van der Waals surface area contributed by atoms with Gasteiger partial charge in [0, 0.05) is 11.7 Å². The van der Waals surface area contributed by atoms with E-state index in [2.05, 4.69) is 29.3 Å². The topological polar surface area (TPSA) is 60.2 Å². The largest absolute Gasteiger partial charge is 0.495 e. The average molecular weight is 477 g/mol. The molecule has 0 saturated carbocycles. The molecular weight excluding hydrogens is 452 g/mol. The van der Waals surface area contributed by atoms with Gasteiger partial charge in [0.1, 0.15) is 5.75 Å². The van der Waals surface area contributed by atoms with Crippen molar-refractivity contribution < 1.29 is 9.53 Å². The van der Waals surface area contributed by atoms with Crippen LogP contribution < -0.4 is 9.64 Å². The van der Waals surface area contributed by atoms with Crippen LogP contribution in [0.2, 0.25) is 0 Å². The number of anilines is 1. The number of nitrogens with zero attached hydrogens (tertiary/aromatic N) is 4. The number of thiophene rings is 1. The second-order valence-corrected chi connectivity index (χ2v) is 9.92. The van der Waals surface area contributed by atoms with E-state index in [1.165, 1.54) is 17.3 Å². The molecule has 1 unspecified atom stereocenters. The van der Waals surface area contributed by atoms with Crippen molar-refractivity contribution in [2.45, 2.75) is 31.5 Å². The minimum atomic E-state index is 0.0703. The number of amides is 1. The molecule has 3 heterocycles. The first kappa shape index (κ1) is 21.7. The molecule has 8 heteroatoms. The molecule has 0 aliphatic carbocycles. The number of carbonyl (C=O) groups is 1. The number of ether oxygens (including phenoxy) is 1. The van der Waals surface area contributed by atoms with Gasteiger partial charge in [0.25, 0.3) is 0 Å². The number of para-hydroxylation sites is 1. The molecule has 1 aliphatic rings. The predicted molar refractivity (Wildman–Crippen MR) is 134 cm³/mol. The summed E-state index contributed by atoms with van der Waals surface area (Å²) in [5, 5.41) is 11.6. The van der Waals surface area contributed by atoms with Crippen molar-refractivity contribution in [2.24, 2.45) is 0 Å². The highest BCUT2D eigenvalue weighted by Crippen LogP contribution is 2.36. The second kappa shape index (κ2) is 9.03. The molecule has 2 aromatic carbocycles. The Morgan fingerprint density at radius 3 is 2.79 bits per heavy atom. The van der Waals surface area contributed by atoms with Gasteiger partial charge in [-0.15, -0.1) is 21.5 Å². The maximum atomic E-state index is 13.3. The summed E-state index contributed by atoms with van der Waals surface area (Å²) in [5.41, 5.74) is 4.19. The molecule has 5 rings (SSSR count). The van der Waals surface area contributed by atoms with Gasteiger partial charge in [0.05, 0.1) is 23.4 Å². The predicted octanol–water partition coefficient (Wildman–Crippen LogP) is 5.38. The molecule has 0 spiro atoms. The lowest BCUT2D eigenvalue weighted by Crippen LogP contribution is -2.37. The summed E-state index contributed by atoms with van der Waals surface area (Å²) in [5.74, 6) is 1.81. The lowest BCUT2D eigenvalue weighted by molar-refractivity contribution is -0.116. The Kier molecular flexibility index (Phi) is 5.95. The van der Waals surface area contributed by atoms with Crippen molar-refractivity contribution >= 4 is 34.7 Å². The van der Waals surface area contributed by atoms with E-state index in [0.29, 0.717) is 5.16 Å². The molecule has 168 valence electrons. The minimum absolute atomic E-state index is 0.0703. The van der Waals surface area contributed by atoms with Gasteiger partial charge >= 0.3 is 0 Å². The van der Waals surface area contributed by atoms with Crippen LogP contribution in [0, 0.1) is 6.92 Å². The Balaban J connectivity index is 1.49. The van der Waals surface area contributed by atoms with Crippen LogP contribution in [0.1, 0.15) is 18.1 Å². The van der Waals surface area contributed by atoms with Crippen LogP contribution in [0.15, 0.2) is 65.1 Å². The van der Waals surface area contributed by atoms with E-state index < -0.39 is 0 Å². The Morgan fingerprint density at radius 1 is 1.15 bits per heavy atom. The molecule has 1 atom stereocenters. The summed E-state index contributed by atoms with van der Waals surface area (Å²) in [6.07, 6.45) is 0.881. The van der Waals surface area contributed by atoms with Gasteiger partial charge in [-0.2, -0.15) is 0 Å². The van der Waals surface area contributed by atoms with E-state index in [9.17, 15) is 4.79 Å². The van der Waals surface area contributed by atoms with Crippen LogP contribution in [-0.2, 0) is 11.2 Å². The van der Waals surface area contributed by atoms with E-state index in [-0.39, 0.29) is 17.7 Å². The zero-order chi connectivity index (χ0) is 22.9. The first-order valence-electron chi connectivity index (χ1n) is 10.7. The number of fused-ring (bicyclic) bond motifs is 1. The van der Waals surface area contributed by atoms with Crippen LogP contribution >= 0.6 is 23.1 Å². The van der Waals surface area contributed by atoms with Gasteiger partial charge in [0.2, 0.25) is 5.91 Å². The molecule has 0 fully saturated rings. The minimum Gasteiger partial charge on any atom is -0.495 e. The van der Waals surface area contributed by atoms with Gasteiger partial charge < -0.3 is 9.64 Å². The van der Waals surface area contributed by atoms with Crippen LogP contribution in [0.4, 0.5) is 5.69 Å². The van der Waals surface area contributed by atoms with Gasteiger partial charge in [-0.25, -0.2) is 0 Å². The number of benzene rings is 2. The Hall–Kier alpha value is -3.10. The summed E-state index contributed by atoms with van der Waals surface area (Å²) in [7, 11) is 1.66. The summed E-state index contributed by atoms with van der Waals surface area (Å²) in [6.45, 7) is 4.14. The third kappa shape index (κ3) is 4.05. The molecule has 1 aliphatic heterocycles. The van der Waals surface area contributed by atoms with E-state index in [1.807, 2.05) is 64.2 Å². The number of hydrogen-bond acceptors (Lipinski definition) is 6. The van der Waals surface area contributed by atoms with Crippen molar-refractivity contribution in [3.8, 4) is 22.1 Å². The molecule has 0 radical (unpaired) electrons. The smallest absolute Gasteiger partial charge is 0.237 e. The van der Waals surface area contributed by atoms with Crippen LogP contribution in [0.25, 0.3) is 16.4 Å². The highest BCUT2D eigenvalue weighted by molar-refractivity contribution is 7.99. The van der Waals surface area contributed by atoms with Crippen molar-refractivity contribution in [2.75, 3.05) is 17.8 Å². The zero-order valence-corrected chi connectivity index (χ0v) is 20.3. The number of aryl methyl sites for hydroxylation is 1. The van der Waals surface area contributed by atoms with Crippen molar-refractivity contribution in [3.63, 3.8) is 0 Å². The quantitative estimate of drug-likeness (QED) is 0.350. The maximum absolute atomic E-state index is 13.3. The van der Waals surface area contributed by atoms with Crippen LogP contribution in [0.3, 0.4) is 0 Å². The SMILES string of the molecule is COc1ccc(C)cc1-n1c(SCC(=O)N2c3ccccc3CC2C)nnc1-c1cccs1. The molecular formula is C25H24N4O2S2. The fraction of sp³-hybridized carbons (Fsp3) is 0.240. The summed E-state index contributed by atoms with van der Waals surface area (Å²) in [4.78, 5) is 16.2. The second-order valence-electron chi connectivity index (χ2n) is 8.03. The van der Waals surface area contributed by atoms with Crippen molar-refractivity contribution in [1.29, 1.82) is 0 Å². The van der Waals surface area contributed by atoms with Crippen LogP contribution in [-0.4, -0.2) is 39.6 Å². The molecule has 0 saturated heterocycles. The third-order valence-corrected chi connectivity index (χ3v) is 7.53. The first-order chi connectivity index (χ1) is 16.1. The summed E-state index contributed by atoms with van der Waals surface area (Å²) < 4.78 is 7.65. The number of hydrogen-bond donors (Lipinski definition) is 0. The molecule has 4 aromatic rings. The van der Waals surface area contributed by atoms with E-state index >= 15 is 0 Å². The third-order valence-electron chi connectivity index (χ3n) is 5.75. The lowest BCUT2D eigenvalue weighted by Gasteiger charge is -2.22. The maximum Gasteiger partial charge on any atom is 0.237 e. The standard InChI is InChI=1S/C25H24N4O2S2/c1-16-10-11-21(31-3)20(13-16)29-24(22-9-6-12-32-22)26-27-25(29)33-15-23(30)28-17(2)14-18-7-4-5-8-19(18)28/h4-13,17H,14-15H2,1-3H3. The van der Waals surface area contributed by atoms with Crippen molar-refractivity contribution in [1.82, 2.24) is 14.8 Å². The highest BCUT2D eigenvalue weighted by atomic mass is 32.2. The summed E-state index contributed by atoms with van der Waals surface area (Å²) >= 11 is 3.01. The Labute approximate surface area is 201 Å². The number of thioether (sulfide) groups is 1. The molecule has 0 bridgehead atoms. The van der Waals surface area contributed by atoms with Crippen molar-refractivity contribution in [3.05, 3.63) is 71.1 Å². The molecule has 1 amide bonds. The van der Waals surface area contributed by atoms with Gasteiger partial charge in [-0.3, -0.25) is 9.36 Å². The van der Waals surface area contributed by atoms with E-state index in [1.54, 1.807) is 18.4 Å². The molecule has 0 N–H and O–H groups in total. The highest BCUT2D eigenvalue weighted by Gasteiger charge is 2.31. The summed E-state index contributed by atoms with van der Waals surface area (Å²) in [6, 6.07) is 18.3. The normalized spacial score (nSPS) is 15.0. The number of aromatic nitrogens is 3. The monoisotopic (exact) mass is 476 g/mol. The van der Waals surface area contributed by atoms with Crippen LogP contribution in [0.5, 0.6) is 5.75 Å². The average Bonchev–Trinajstić information content (AvgIpc) is 3.55. The van der Waals surface area contributed by atoms with Gasteiger partial charge in [0.15, 0.2) is 11.0 Å². The lowest BCUT2D eigenvalue weighted by atomic mass is 10.1. The number of rotatable bonds is 6. The van der Waals surface area contributed by atoms with E-state index in [0.717, 1.165) is 39.8 Å². The fourth-order valence-corrected chi connectivity index (χ4v) is 5.76.